The quantitative estimate of drug-likeness (QED) is 0.554. The molecule has 0 unspecified atom stereocenters. The van der Waals surface area contributed by atoms with Crippen LogP contribution in [-0.4, -0.2) is 0 Å². The fourth-order valence-electron chi connectivity index (χ4n) is 0.473. The standard InChI is InChI=1S/C8H13Br/c1-5-7(9)6-8(2,3)4/h5-6H,1H2,2-4H3. The van der Waals surface area contributed by atoms with Gasteiger partial charge >= 0.3 is 0 Å². The van der Waals surface area contributed by atoms with E-state index in [0.717, 1.165) is 4.48 Å². The molecule has 0 aromatic rings. The molecular formula is C8H13Br. The monoisotopic (exact) mass is 188 g/mol. The highest BCUT2D eigenvalue weighted by molar-refractivity contribution is 9.11. The van der Waals surface area contributed by atoms with E-state index in [1.807, 2.05) is 0 Å². The molecule has 0 N–H and O–H groups in total. The van der Waals surface area contributed by atoms with Crippen molar-refractivity contribution in [3.05, 3.63) is 23.2 Å². The maximum Gasteiger partial charge on any atom is 0.0134 e. The van der Waals surface area contributed by atoms with E-state index in [2.05, 4.69) is 49.4 Å². The molecule has 0 fully saturated rings. The van der Waals surface area contributed by atoms with Crippen LogP contribution in [0.5, 0.6) is 0 Å². The second-order valence-corrected chi connectivity index (χ2v) is 4.02. The van der Waals surface area contributed by atoms with Crippen molar-refractivity contribution in [2.24, 2.45) is 5.41 Å². The molecule has 0 bridgehead atoms. The fourth-order valence-corrected chi connectivity index (χ4v) is 1.16. The van der Waals surface area contributed by atoms with Crippen LogP contribution in [0.4, 0.5) is 0 Å². The zero-order chi connectivity index (χ0) is 7.49. The van der Waals surface area contributed by atoms with Crippen LogP contribution in [0, 0.1) is 5.41 Å². The lowest BCUT2D eigenvalue weighted by Gasteiger charge is -2.11. The average molecular weight is 189 g/mol. The van der Waals surface area contributed by atoms with Crippen molar-refractivity contribution in [1.29, 1.82) is 0 Å². The van der Waals surface area contributed by atoms with Crippen LogP contribution < -0.4 is 0 Å². The molecular weight excluding hydrogens is 176 g/mol. The number of halogens is 1. The lowest BCUT2D eigenvalue weighted by molar-refractivity contribution is 0.543. The molecule has 0 heterocycles. The Morgan fingerprint density at radius 2 is 1.89 bits per heavy atom. The Hall–Kier alpha value is -0.0400. The van der Waals surface area contributed by atoms with Gasteiger partial charge in [0.1, 0.15) is 0 Å². The van der Waals surface area contributed by atoms with Crippen LogP contribution >= 0.6 is 15.9 Å². The molecule has 1 heteroatoms. The Bertz CT molecular complexity index is 126. The first kappa shape index (κ1) is 8.96. The summed E-state index contributed by atoms with van der Waals surface area (Å²) < 4.78 is 1.06. The van der Waals surface area contributed by atoms with Gasteiger partial charge in [0.15, 0.2) is 0 Å². The topological polar surface area (TPSA) is 0 Å². The van der Waals surface area contributed by atoms with Crippen LogP contribution in [0.15, 0.2) is 23.2 Å². The second kappa shape index (κ2) is 3.21. The van der Waals surface area contributed by atoms with E-state index in [9.17, 15) is 0 Å². The zero-order valence-corrected chi connectivity index (χ0v) is 7.83. The third kappa shape index (κ3) is 5.84. The van der Waals surface area contributed by atoms with Crippen molar-refractivity contribution in [1.82, 2.24) is 0 Å². The predicted molar refractivity (Wildman–Crippen MR) is 46.7 cm³/mol. The highest BCUT2D eigenvalue weighted by atomic mass is 79.9. The molecule has 0 nitrogen and oxygen atoms in total. The van der Waals surface area contributed by atoms with Crippen molar-refractivity contribution in [2.75, 3.05) is 0 Å². The summed E-state index contributed by atoms with van der Waals surface area (Å²) in [6.07, 6.45) is 3.92. The lowest BCUT2D eigenvalue weighted by Crippen LogP contribution is -1.98. The first-order chi connectivity index (χ1) is 3.95. The summed E-state index contributed by atoms with van der Waals surface area (Å²) in [5.74, 6) is 0. The largest absolute Gasteiger partial charge is 0.0980 e. The third-order valence-corrected chi connectivity index (χ3v) is 1.32. The molecule has 0 spiro atoms. The van der Waals surface area contributed by atoms with Crippen LogP contribution in [0.2, 0.25) is 0 Å². The number of allylic oxidation sites excluding steroid dienone is 3. The number of hydrogen-bond donors (Lipinski definition) is 0. The van der Waals surface area contributed by atoms with Gasteiger partial charge in [-0.2, -0.15) is 0 Å². The van der Waals surface area contributed by atoms with Gasteiger partial charge in [-0.05, 0) is 5.41 Å². The molecule has 0 aliphatic carbocycles. The molecule has 0 radical (unpaired) electrons. The Kier molecular flexibility index (Phi) is 3.20. The van der Waals surface area contributed by atoms with E-state index < -0.39 is 0 Å². The fraction of sp³-hybridized carbons (Fsp3) is 0.500. The van der Waals surface area contributed by atoms with Crippen LogP contribution in [0.25, 0.3) is 0 Å². The molecule has 9 heavy (non-hydrogen) atoms. The minimum atomic E-state index is 0.243. The summed E-state index contributed by atoms with van der Waals surface area (Å²) in [5, 5.41) is 0. The maximum atomic E-state index is 3.63. The molecule has 52 valence electrons. The van der Waals surface area contributed by atoms with Crippen molar-refractivity contribution in [3.63, 3.8) is 0 Å². The van der Waals surface area contributed by atoms with E-state index in [4.69, 9.17) is 0 Å². The number of hydrogen-bond acceptors (Lipinski definition) is 0. The van der Waals surface area contributed by atoms with Crippen LogP contribution in [-0.2, 0) is 0 Å². The van der Waals surface area contributed by atoms with Crippen molar-refractivity contribution >= 4 is 15.9 Å². The summed E-state index contributed by atoms with van der Waals surface area (Å²) in [7, 11) is 0. The summed E-state index contributed by atoms with van der Waals surface area (Å²) >= 11 is 3.36. The van der Waals surface area contributed by atoms with Gasteiger partial charge < -0.3 is 0 Å². The Balaban J connectivity index is 4.11. The highest BCUT2D eigenvalue weighted by Gasteiger charge is 2.04. The van der Waals surface area contributed by atoms with Crippen LogP contribution in [0.1, 0.15) is 20.8 Å². The van der Waals surface area contributed by atoms with Gasteiger partial charge in [0.05, 0.1) is 0 Å². The number of rotatable bonds is 1. The van der Waals surface area contributed by atoms with Crippen molar-refractivity contribution < 1.29 is 0 Å². The predicted octanol–water partition coefficient (Wildman–Crippen LogP) is 3.50. The Labute approximate surface area is 65.8 Å². The first-order valence-corrected chi connectivity index (χ1v) is 3.76. The van der Waals surface area contributed by atoms with Gasteiger partial charge in [0.2, 0.25) is 0 Å². The van der Waals surface area contributed by atoms with E-state index in [1.54, 1.807) is 6.08 Å². The molecule has 0 saturated heterocycles. The Morgan fingerprint density at radius 3 is 2.00 bits per heavy atom. The normalized spacial score (nSPS) is 13.6. The average Bonchev–Trinajstić information content (AvgIpc) is 1.62. The Morgan fingerprint density at radius 1 is 1.44 bits per heavy atom. The molecule has 0 rings (SSSR count). The summed E-state index contributed by atoms with van der Waals surface area (Å²) in [6, 6.07) is 0. The van der Waals surface area contributed by atoms with Gasteiger partial charge in [-0.15, -0.1) is 0 Å². The smallest absolute Gasteiger partial charge is 0.0134 e. The summed E-state index contributed by atoms with van der Waals surface area (Å²) in [6.45, 7) is 10.1. The molecule has 0 saturated carbocycles. The maximum absolute atomic E-state index is 3.63. The minimum Gasteiger partial charge on any atom is -0.0980 e. The molecule has 0 aliphatic heterocycles. The molecule has 0 atom stereocenters. The second-order valence-electron chi connectivity index (χ2n) is 3.10. The zero-order valence-electron chi connectivity index (χ0n) is 6.24. The van der Waals surface area contributed by atoms with Gasteiger partial charge in [0.25, 0.3) is 0 Å². The van der Waals surface area contributed by atoms with E-state index >= 15 is 0 Å². The first-order valence-electron chi connectivity index (χ1n) is 2.96. The SMILES string of the molecule is C=CC(Br)=CC(C)(C)C. The van der Waals surface area contributed by atoms with E-state index in [-0.39, 0.29) is 5.41 Å². The minimum absolute atomic E-state index is 0.243. The molecule has 0 aromatic carbocycles. The highest BCUT2D eigenvalue weighted by Crippen LogP contribution is 2.20. The molecule has 0 aromatic heterocycles. The van der Waals surface area contributed by atoms with Gasteiger partial charge in [0, 0.05) is 4.48 Å². The molecule has 0 amide bonds. The summed E-state index contributed by atoms with van der Waals surface area (Å²) in [5.41, 5.74) is 0.243. The van der Waals surface area contributed by atoms with Crippen molar-refractivity contribution in [3.8, 4) is 0 Å². The van der Waals surface area contributed by atoms with Crippen LogP contribution in [0.3, 0.4) is 0 Å². The van der Waals surface area contributed by atoms with E-state index in [1.165, 1.54) is 0 Å². The molecule has 0 aliphatic rings. The van der Waals surface area contributed by atoms with Gasteiger partial charge in [-0.3, -0.25) is 0 Å². The third-order valence-electron chi connectivity index (χ3n) is 0.766. The summed E-state index contributed by atoms with van der Waals surface area (Å²) in [4.78, 5) is 0. The van der Waals surface area contributed by atoms with Gasteiger partial charge in [-0.25, -0.2) is 0 Å². The van der Waals surface area contributed by atoms with Gasteiger partial charge in [-0.1, -0.05) is 55.4 Å². The van der Waals surface area contributed by atoms with Crippen molar-refractivity contribution in [2.45, 2.75) is 20.8 Å². The lowest BCUT2D eigenvalue weighted by atomic mass is 9.96. The van der Waals surface area contributed by atoms with E-state index in [0.29, 0.717) is 0 Å².